The standard InChI is InChI=1S/C25H26N4O8S/c1-25(2)20(24(36)37)29-22(35)19(23(29)38-25)28-21(34)17(12-3-5-13(6-4-12)26-9-10-30)27-18-14(11-31)15(32)7-8-16(18)33/h3-8,11,17,19-20,23,26,30-31H,9-10H2,1-2H3,(H,28,34)(H,36,37)/b14-11+,27-18?/t17-,19-,20+,23-/m1/s1. The molecule has 4 rings (SSSR count). The van der Waals surface area contributed by atoms with Crippen molar-refractivity contribution >= 4 is 52.5 Å². The highest BCUT2D eigenvalue weighted by Gasteiger charge is 2.64. The van der Waals surface area contributed by atoms with E-state index >= 15 is 0 Å². The van der Waals surface area contributed by atoms with Crippen LogP contribution in [0, 0.1) is 0 Å². The average molecular weight is 543 g/mol. The molecule has 12 nitrogen and oxygen atoms in total. The number of aliphatic hydroxyl groups excluding tert-OH is 2. The minimum absolute atomic E-state index is 0.0917. The van der Waals surface area contributed by atoms with Crippen LogP contribution >= 0.6 is 11.8 Å². The van der Waals surface area contributed by atoms with E-state index in [4.69, 9.17) is 5.11 Å². The molecule has 2 amide bonds. The number of ketones is 2. The smallest absolute Gasteiger partial charge is 0.327 e. The molecule has 3 aliphatic rings. The Labute approximate surface area is 221 Å². The molecule has 200 valence electrons. The zero-order valence-corrected chi connectivity index (χ0v) is 21.3. The van der Waals surface area contributed by atoms with Gasteiger partial charge in [-0.3, -0.25) is 24.2 Å². The number of aliphatic hydroxyl groups is 2. The van der Waals surface area contributed by atoms with Crippen molar-refractivity contribution in [2.75, 3.05) is 18.5 Å². The van der Waals surface area contributed by atoms with Gasteiger partial charge in [-0.25, -0.2) is 4.79 Å². The number of aliphatic imine (C=N–C) groups is 1. The van der Waals surface area contributed by atoms with Gasteiger partial charge >= 0.3 is 5.97 Å². The molecule has 1 aromatic carbocycles. The maximum absolute atomic E-state index is 13.5. The van der Waals surface area contributed by atoms with Gasteiger partial charge in [-0.2, -0.15) is 0 Å². The Morgan fingerprint density at radius 1 is 1.16 bits per heavy atom. The molecule has 5 N–H and O–H groups in total. The largest absolute Gasteiger partial charge is 0.515 e. The lowest BCUT2D eigenvalue weighted by molar-refractivity contribution is -0.161. The molecule has 1 aromatic rings. The first-order chi connectivity index (χ1) is 18.0. The number of hydrogen-bond acceptors (Lipinski definition) is 10. The van der Waals surface area contributed by atoms with Crippen molar-refractivity contribution < 1.29 is 39.3 Å². The summed E-state index contributed by atoms with van der Waals surface area (Å²) in [5, 5.41) is 33.2. The Balaban J connectivity index is 1.65. The molecule has 0 unspecified atom stereocenters. The highest BCUT2D eigenvalue weighted by atomic mass is 32.2. The second-order valence-electron chi connectivity index (χ2n) is 9.34. The quantitative estimate of drug-likeness (QED) is 0.174. The molecule has 2 heterocycles. The van der Waals surface area contributed by atoms with Crippen molar-refractivity contribution in [1.82, 2.24) is 10.2 Å². The number of carbonyl (C=O) groups excluding carboxylic acids is 4. The molecule has 1 aliphatic carbocycles. The van der Waals surface area contributed by atoms with E-state index in [1.54, 1.807) is 38.1 Å². The molecule has 13 heteroatoms. The fourth-order valence-corrected chi connectivity index (χ4v) is 6.23. The molecule has 2 aliphatic heterocycles. The lowest BCUT2D eigenvalue weighted by atomic mass is 9.95. The highest BCUT2D eigenvalue weighted by Crippen LogP contribution is 2.50. The predicted octanol–water partition coefficient (Wildman–Crippen LogP) is 0.355. The number of β-lactam (4-membered cyclic amide) rings is 1. The van der Waals surface area contributed by atoms with Crippen molar-refractivity contribution in [1.29, 1.82) is 0 Å². The number of hydrogen-bond donors (Lipinski definition) is 5. The van der Waals surface area contributed by atoms with Gasteiger partial charge in [0.25, 0.3) is 0 Å². The first-order valence-electron chi connectivity index (χ1n) is 11.7. The number of carboxylic acid groups (broad SMARTS) is 1. The van der Waals surface area contributed by atoms with Crippen LogP contribution in [0.25, 0.3) is 0 Å². The molecule has 2 fully saturated rings. The summed E-state index contributed by atoms with van der Waals surface area (Å²) in [5.41, 5.74) is 0.181. The molecule has 0 bridgehead atoms. The van der Waals surface area contributed by atoms with Crippen LogP contribution in [-0.4, -0.2) is 90.6 Å². The van der Waals surface area contributed by atoms with Gasteiger partial charge in [0, 0.05) is 17.0 Å². The van der Waals surface area contributed by atoms with Gasteiger partial charge in [0.2, 0.25) is 17.6 Å². The Kier molecular flexibility index (Phi) is 7.42. The van der Waals surface area contributed by atoms with Crippen LogP contribution < -0.4 is 10.6 Å². The number of rotatable bonds is 8. The fourth-order valence-electron chi connectivity index (χ4n) is 4.60. The van der Waals surface area contributed by atoms with E-state index in [-0.39, 0.29) is 12.2 Å². The molecule has 0 radical (unpaired) electrons. The van der Waals surface area contributed by atoms with Gasteiger partial charge in [-0.1, -0.05) is 12.1 Å². The molecular weight excluding hydrogens is 516 g/mol. The van der Waals surface area contributed by atoms with Gasteiger partial charge in [-0.15, -0.1) is 11.8 Å². The topological polar surface area (TPSA) is 186 Å². The molecule has 4 atom stereocenters. The van der Waals surface area contributed by atoms with Crippen LogP contribution in [0.2, 0.25) is 0 Å². The fraction of sp³-hybridized carbons (Fsp3) is 0.360. The lowest BCUT2D eigenvalue weighted by Crippen LogP contribution is -2.70. The molecule has 2 saturated heterocycles. The Hall–Kier alpha value is -3.97. The van der Waals surface area contributed by atoms with Crippen molar-refractivity contribution in [3.8, 4) is 0 Å². The number of carbonyl (C=O) groups is 5. The third kappa shape index (κ3) is 4.82. The monoisotopic (exact) mass is 542 g/mol. The number of fused-ring (bicyclic) bond motifs is 1. The number of nitrogens with one attached hydrogen (secondary N) is 2. The van der Waals surface area contributed by atoms with Crippen LogP contribution in [0.1, 0.15) is 25.5 Å². The Bertz CT molecular complexity index is 1290. The van der Waals surface area contributed by atoms with Crippen LogP contribution in [-0.2, 0) is 24.0 Å². The summed E-state index contributed by atoms with van der Waals surface area (Å²) in [6, 6.07) is 2.93. The van der Waals surface area contributed by atoms with E-state index in [0.29, 0.717) is 24.1 Å². The van der Waals surface area contributed by atoms with E-state index in [2.05, 4.69) is 15.6 Å². The van der Waals surface area contributed by atoms with Gasteiger partial charge < -0.3 is 30.9 Å². The highest BCUT2D eigenvalue weighted by molar-refractivity contribution is 8.01. The van der Waals surface area contributed by atoms with Gasteiger partial charge in [-0.05, 0) is 43.7 Å². The number of anilines is 1. The van der Waals surface area contributed by atoms with Gasteiger partial charge in [0.15, 0.2) is 11.8 Å². The zero-order chi connectivity index (χ0) is 27.8. The number of thioether (sulfide) groups is 1. The predicted molar refractivity (Wildman–Crippen MR) is 138 cm³/mol. The average Bonchev–Trinajstić information content (AvgIpc) is 3.14. The van der Waals surface area contributed by atoms with E-state index < -0.39 is 63.3 Å². The van der Waals surface area contributed by atoms with Crippen LogP contribution in [0.5, 0.6) is 0 Å². The number of amides is 2. The van der Waals surface area contributed by atoms with Crippen molar-refractivity contribution in [3.05, 3.63) is 53.8 Å². The lowest BCUT2D eigenvalue weighted by Gasteiger charge is -2.43. The minimum Gasteiger partial charge on any atom is -0.515 e. The SMILES string of the molecule is CC1(C)S[C@@H]2[C@H](NC(=O)[C@H](N=C3C(=O)C=CC(=O)/C3=C\O)c3ccc(NCCO)cc3)C(=O)N2[C@H]1C(=O)O. The number of nitrogens with zero attached hydrogens (tertiary/aromatic N) is 2. The molecule has 38 heavy (non-hydrogen) atoms. The summed E-state index contributed by atoms with van der Waals surface area (Å²) >= 11 is 1.26. The van der Waals surface area contributed by atoms with Crippen molar-refractivity contribution in [2.45, 2.75) is 42.1 Å². The molecule has 0 aromatic heterocycles. The second-order valence-corrected chi connectivity index (χ2v) is 11.1. The third-order valence-corrected chi connectivity index (χ3v) is 7.99. The van der Waals surface area contributed by atoms with Gasteiger partial charge in [0.05, 0.1) is 18.4 Å². The van der Waals surface area contributed by atoms with Crippen LogP contribution in [0.15, 0.2) is 53.2 Å². The van der Waals surface area contributed by atoms with Crippen LogP contribution in [0.3, 0.4) is 0 Å². The van der Waals surface area contributed by atoms with Crippen molar-refractivity contribution in [2.24, 2.45) is 4.99 Å². The number of carboxylic acids is 1. The summed E-state index contributed by atoms with van der Waals surface area (Å²) in [6.07, 6.45) is 2.43. The maximum atomic E-state index is 13.5. The van der Waals surface area contributed by atoms with E-state index in [9.17, 15) is 34.2 Å². The minimum atomic E-state index is -1.38. The Morgan fingerprint density at radius 2 is 1.82 bits per heavy atom. The normalized spacial score (nSPS) is 26.8. The molecule has 0 saturated carbocycles. The molecule has 0 spiro atoms. The van der Waals surface area contributed by atoms with Gasteiger partial charge in [0.1, 0.15) is 23.2 Å². The number of aliphatic carboxylic acids is 1. The Morgan fingerprint density at radius 3 is 2.42 bits per heavy atom. The summed E-state index contributed by atoms with van der Waals surface area (Å²) in [4.78, 5) is 68.4. The summed E-state index contributed by atoms with van der Waals surface area (Å²) < 4.78 is -0.787. The van der Waals surface area contributed by atoms with Crippen LogP contribution in [0.4, 0.5) is 5.69 Å². The maximum Gasteiger partial charge on any atom is 0.327 e. The number of allylic oxidation sites excluding steroid dienone is 3. The zero-order valence-electron chi connectivity index (χ0n) is 20.5. The summed E-state index contributed by atoms with van der Waals surface area (Å²) in [5.74, 6) is -3.79. The third-order valence-electron chi connectivity index (χ3n) is 6.42. The van der Waals surface area contributed by atoms with E-state index in [1.807, 2.05) is 0 Å². The molecular formula is C25H26N4O8S. The first kappa shape index (κ1) is 27.1. The van der Waals surface area contributed by atoms with Crippen molar-refractivity contribution in [3.63, 3.8) is 0 Å². The second kappa shape index (κ2) is 10.4. The number of benzene rings is 1. The van der Waals surface area contributed by atoms with E-state index in [1.165, 1.54) is 16.7 Å². The first-order valence-corrected chi connectivity index (χ1v) is 12.5. The summed E-state index contributed by atoms with van der Waals surface area (Å²) in [6.45, 7) is 3.63. The summed E-state index contributed by atoms with van der Waals surface area (Å²) in [7, 11) is 0. The van der Waals surface area contributed by atoms with E-state index in [0.717, 1.165) is 12.2 Å².